The lowest BCUT2D eigenvalue weighted by atomic mass is 10.2. The van der Waals surface area contributed by atoms with Crippen LogP contribution in [-0.2, 0) is 24.3 Å². The number of rotatable bonds is 11. The van der Waals surface area contributed by atoms with Gasteiger partial charge in [0, 0.05) is 13.0 Å². The van der Waals surface area contributed by atoms with Gasteiger partial charge in [0.15, 0.2) is 0 Å². The molecular weight excluding hydrogens is 376 g/mol. The number of hydrogen-bond donors (Lipinski definition) is 0. The Morgan fingerprint density at radius 1 is 0.759 bits per heavy atom. The molecule has 0 aliphatic carbocycles. The van der Waals surface area contributed by atoms with E-state index in [1.54, 1.807) is 48.5 Å². The molecule has 0 aromatic heterocycles. The summed E-state index contributed by atoms with van der Waals surface area (Å²) >= 11 is 0. The second kappa shape index (κ2) is 12.0. The number of benzene rings is 2. The van der Waals surface area contributed by atoms with E-state index in [2.05, 4.69) is 0 Å². The van der Waals surface area contributed by atoms with Gasteiger partial charge in [0.2, 0.25) is 6.29 Å². The first-order valence-corrected chi connectivity index (χ1v) is 9.46. The first kappa shape index (κ1) is 22.5. The van der Waals surface area contributed by atoms with Crippen molar-refractivity contribution in [1.29, 1.82) is 0 Å². The van der Waals surface area contributed by atoms with E-state index >= 15 is 0 Å². The fourth-order valence-corrected chi connectivity index (χ4v) is 2.21. The normalized spacial score (nSPS) is 10.8. The molecule has 0 saturated heterocycles. The average molecular weight is 402 g/mol. The zero-order valence-electron chi connectivity index (χ0n) is 16.9. The fraction of sp³-hybridized carbons (Fsp3) is 0.364. The molecule has 0 bridgehead atoms. The van der Waals surface area contributed by atoms with Crippen LogP contribution in [0.4, 0.5) is 0 Å². The summed E-state index contributed by atoms with van der Waals surface area (Å²) in [5.74, 6) is -1.36. The van der Waals surface area contributed by atoms with Crippen molar-refractivity contribution in [3.8, 4) is 0 Å². The summed E-state index contributed by atoms with van der Waals surface area (Å²) in [4.78, 5) is 43.9. The Kier molecular flexibility index (Phi) is 9.30. The van der Waals surface area contributed by atoms with E-state index in [0.29, 0.717) is 17.7 Å². The van der Waals surface area contributed by atoms with E-state index in [0.717, 1.165) is 17.5 Å². The number of carbonyl (C=O) groups is 2. The third-order valence-electron chi connectivity index (χ3n) is 3.88. The molecule has 156 valence electrons. The summed E-state index contributed by atoms with van der Waals surface area (Å²) < 4.78 is 5.38. The fourth-order valence-electron chi connectivity index (χ4n) is 2.21. The van der Waals surface area contributed by atoms with Crippen molar-refractivity contribution in [3.63, 3.8) is 0 Å². The number of carbonyl (C=O) groups excluding carboxylic acids is 2. The van der Waals surface area contributed by atoms with Crippen LogP contribution in [0.25, 0.3) is 0 Å². The molecular formula is C22H26O7. The molecule has 2 rings (SSSR count). The van der Waals surface area contributed by atoms with Crippen LogP contribution in [-0.4, -0.2) is 31.4 Å². The lowest BCUT2D eigenvalue weighted by molar-refractivity contribution is -0.422. The van der Waals surface area contributed by atoms with Crippen molar-refractivity contribution in [1.82, 2.24) is 0 Å². The van der Waals surface area contributed by atoms with Gasteiger partial charge in [-0.3, -0.25) is 9.78 Å². The van der Waals surface area contributed by atoms with Crippen LogP contribution in [0.1, 0.15) is 51.6 Å². The number of hydrogen-bond acceptors (Lipinski definition) is 7. The minimum atomic E-state index is -1.13. The summed E-state index contributed by atoms with van der Waals surface area (Å²) in [5.41, 5.74) is 2.68. The van der Waals surface area contributed by atoms with Gasteiger partial charge >= 0.3 is 11.9 Å². The van der Waals surface area contributed by atoms with Gasteiger partial charge in [0.25, 0.3) is 0 Å². The van der Waals surface area contributed by atoms with Crippen molar-refractivity contribution in [2.24, 2.45) is 0 Å². The Morgan fingerprint density at radius 2 is 1.21 bits per heavy atom. The van der Waals surface area contributed by atoms with Crippen molar-refractivity contribution < 1.29 is 33.9 Å². The molecule has 0 radical (unpaired) electrons. The summed E-state index contributed by atoms with van der Waals surface area (Å²) in [7, 11) is 0. The third-order valence-corrected chi connectivity index (χ3v) is 3.88. The van der Waals surface area contributed by atoms with Crippen molar-refractivity contribution in [3.05, 3.63) is 70.8 Å². The second-order valence-electron chi connectivity index (χ2n) is 6.50. The highest BCUT2D eigenvalue weighted by Crippen LogP contribution is 2.11. The van der Waals surface area contributed by atoms with Crippen LogP contribution in [0, 0.1) is 13.8 Å². The molecule has 2 aromatic rings. The molecule has 2 aromatic carbocycles. The van der Waals surface area contributed by atoms with E-state index in [1.165, 1.54) is 0 Å². The first-order chi connectivity index (χ1) is 14.0. The molecule has 7 nitrogen and oxygen atoms in total. The molecule has 29 heavy (non-hydrogen) atoms. The number of aryl methyl sites for hydroxylation is 2. The molecule has 0 saturated carbocycles. The SMILES string of the molecule is CCCOCCC(OOC(=O)c1ccc(C)cc1)OOC(=O)c1ccc(C)cc1. The summed E-state index contributed by atoms with van der Waals surface area (Å²) in [6.07, 6.45) is -0.0739. The minimum Gasteiger partial charge on any atom is -0.381 e. The molecule has 0 N–H and O–H groups in total. The van der Waals surface area contributed by atoms with Gasteiger partial charge in [-0.2, -0.15) is 0 Å². The number of ether oxygens (including phenoxy) is 1. The first-order valence-electron chi connectivity index (χ1n) is 9.46. The third kappa shape index (κ3) is 8.03. The lowest BCUT2D eigenvalue weighted by Crippen LogP contribution is -2.24. The Bertz CT molecular complexity index is 707. The summed E-state index contributed by atoms with van der Waals surface area (Å²) in [5, 5.41) is 0. The van der Waals surface area contributed by atoms with Crippen LogP contribution in [0.3, 0.4) is 0 Å². The van der Waals surface area contributed by atoms with Crippen molar-refractivity contribution >= 4 is 11.9 Å². The second-order valence-corrected chi connectivity index (χ2v) is 6.50. The summed E-state index contributed by atoms with van der Waals surface area (Å²) in [6.45, 7) is 6.65. The maximum Gasteiger partial charge on any atom is 0.373 e. The zero-order valence-corrected chi connectivity index (χ0v) is 16.9. The highest BCUT2D eigenvalue weighted by molar-refractivity contribution is 5.89. The Labute approximate surface area is 170 Å². The highest BCUT2D eigenvalue weighted by atomic mass is 17.3. The largest absolute Gasteiger partial charge is 0.381 e. The van der Waals surface area contributed by atoms with Gasteiger partial charge in [-0.25, -0.2) is 9.59 Å². The quantitative estimate of drug-likeness (QED) is 0.240. The predicted molar refractivity (Wildman–Crippen MR) is 105 cm³/mol. The van der Waals surface area contributed by atoms with Crippen LogP contribution in [0.15, 0.2) is 48.5 Å². The maximum absolute atomic E-state index is 12.1. The Balaban J connectivity index is 1.89. The monoisotopic (exact) mass is 402 g/mol. The van der Waals surface area contributed by atoms with Gasteiger partial charge in [0.05, 0.1) is 17.7 Å². The lowest BCUT2D eigenvalue weighted by Gasteiger charge is -2.15. The molecule has 0 aliphatic heterocycles. The standard InChI is InChI=1S/C22H26O7/c1-4-14-25-15-13-20(26-28-21(23)18-9-5-16(2)6-10-18)27-29-22(24)19-11-7-17(3)8-12-19/h5-12,20H,4,13-15H2,1-3H3. The molecule has 0 spiro atoms. The van der Waals surface area contributed by atoms with Crippen molar-refractivity contribution in [2.45, 2.75) is 39.9 Å². The van der Waals surface area contributed by atoms with Gasteiger partial charge < -0.3 is 4.74 Å². The van der Waals surface area contributed by atoms with Crippen LogP contribution in [0.2, 0.25) is 0 Å². The zero-order chi connectivity index (χ0) is 21.1. The molecule has 0 fully saturated rings. The Hall–Kier alpha value is -2.74. The van der Waals surface area contributed by atoms with E-state index < -0.39 is 18.2 Å². The van der Waals surface area contributed by atoms with Crippen molar-refractivity contribution in [2.75, 3.05) is 13.2 Å². The van der Waals surface area contributed by atoms with E-state index in [1.807, 2.05) is 20.8 Å². The summed E-state index contributed by atoms with van der Waals surface area (Å²) in [6, 6.07) is 13.6. The average Bonchev–Trinajstić information content (AvgIpc) is 2.73. The maximum atomic E-state index is 12.1. The van der Waals surface area contributed by atoms with Gasteiger partial charge in [-0.05, 0) is 44.5 Å². The minimum absolute atomic E-state index is 0.197. The van der Waals surface area contributed by atoms with Gasteiger partial charge in [-0.15, -0.1) is 9.78 Å². The highest BCUT2D eigenvalue weighted by Gasteiger charge is 2.19. The molecule has 0 atom stereocenters. The van der Waals surface area contributed by atoms with E-state index in [4.69, 9.17) is 24.3 Å². The molecule has 7 heteroatoms. The van der Waals surface area contributed by atoms with Crippen LogP contribution in [0.5, 0.6) is 0 Å². The predicted octanol–water partition coefficient (Wildman–Crippen LogP) is 4.32. The molecule has 0 aliphatic rings. The van der Waals surface area contributed by atoms with E-state index in [9.17, 15) is 9.59 Å². The molecule has 0 heterocycles. The smallest absolute Gasteiger partial charge is 0.373 e. The van der Waals surface area contributed by atoms with Crippen LogP contribution >= 0.6 is 0 Å². The topological polar surface area (TPSA) is 80.3 Å². The van der Waals surface area contributed by atoms with Gasteiger partial charge in [0.1, 0.15) is 0 Å². The van der Waals surface area contributed by atoms with Crippen LogP contribution < -0.4 is 0 Å². The van der Waals surface area contributed by atoms with Gasteiger partial charge in [-0.1, -0.05) is 42.3 Å². The molecule has 0 unspecified atom stereocenters. The van der Waals surface area contributed by atoms with E-state index in [-0.39, 0.29) is 13.0 Å². The molecule has 0 amide bonds. The Morgan fingerprint density at radius 3 is 1.62 bits per heavy atom.